The number of nitrogens with one attached hydrogen (secondary N) is 1. The fourth-order valence-electron chi connectivity index (χ4n) is 4.64. The van der Waals surface area contributed by atoms with Gasteiger partial charge >= 0.3 is 0 Å². The topological polar surface area (TPSA) is 63.7 Å². The van der Waals surface area contributed by atoms with Crippen molar-refractivity contribution in [2.45, 2.75) is 38.8 Å². The van der Waals surface area contributed by atoms with Crippen molar-refractivity contribution in [1.82, 2.24) is 15.2 Å². The van der Waals surface area contributed by atoms with Crippen LogP contribution in [0.15, 0.2) is 60.7 Å². The van der Waals surface area contributed by atoms with Gasteiger partial charge in [-0.3, -0.25) is 14.7 Å². The van der Waals surface area contributed by atoms with Crippen LogP contribution in [0.1, 0.15) is 51.6 Å². The van der Waals surface area contributed by atoms with Gasteiger partial charge in [0.15, 0.2) is 0 Å². The SMILES string of the molecule is COc1ccccc1CNC(=O)c1ccc(C)nc1C1CCN(Cc2ccccc2OC)CC1. The number of nitrogens with zero attached hydrogens (tertiary/aromatic N) is 2. The smallest absolute Gasteiger partial charge is 0.253 e. The second-order valence-corrected chi connectivity index (χ2v) is 8.74. The first-order valence-corrected chi connectivity index (χ1v) is 11.8. The number of methoxy groups -OCH3 is 2. The lowest BCUT2D eigenvalue weighted by Gasteiger charge is -2.32. The van der Waals surface area contributed by atoms with Crippen molar-refractivity contribution in [3.05, 3.63) is 88.7 Å². The molecular formula is C28H33N3O3. The van der Waals surface area contributed by atoms with E-state index >= 15 is 0 Å². The number of hydrogen-bond acceptors (Lipinski definition) is 5. The number of carbonyl (C=O) groups is 1. The molecule has 0 bridgehead atoms. The van der Waals surface area contributed by atoms with Gasteiger partial charge in [0.1, 0.15) is 11.5 Å². The molecular weight excluding hydrogens is 426 g/mol. The Labute approximate surface area is 201 Å². The minimum atomic E-state index is -0.0927. The Morgan fingerprint density at radius 1 is 0.941 bits per heavy atom. The van der Waals surface area contributed by atoms with E-state index in [1.165, 1.54) is 5.56 Å². The Balaban J connectivity index is 1.42. The summed E-state index contributed by atoms with van der Waals surface area (Å²) >= 11 is 0. The van der Waals surface area contributed by atoms with Crippen LogP contribution in [0.25, 0.3) is 0 Å². The van der Waals surface area contributed by atoms with E-state index in [0.717, 1.165) is 60.9 Å². The lowest BCUT2D eigenvalue weighted by atomic mass is 9.89. The zero-order chi connectivity index (χ0) is 23.9. The molecule has 4 rings (SSSR count). The highest BCUT2D eigenvalue weighted by molar-refractivity contribution is 5.95. The molecule has 0 radical (unpaired) electrons. The van der Waals surface area contributed by atoms with Crippen molar-refractivity contribution < 1.29 is 14.3 Å². The first-order chi connectivity index (χ1) is 16.6. The summed E-state index contributed by atoms with van der Waals surface area (Å²) in [5.41, 5.74) is 4.67. The van der Waals surface area contributed by atoms with Crippen molar-refractivity contribution in [1.29, 1.82) is 0 Å². The number of aromatic nitrogens is 1. The van der Waals surface area contributed by atoms with Gasteiger partial charge in [0, 0.05) is 35.8 Å². The standard InChI is InChI=1S/C28H33N3O3/c1-20-12-13-24(28(32)29-18-22-8-4-6-10-25(22)33-2)27(30-20)21-14-16-31(17-15-21)19-23-9-5-7-11-26(23)34-3/h4-13,21H,14-19H2,1-3H3,(H,29,32). The van der Waals surface area contributed by atoms with Gasteiger partial charge < -0.3 is 14.8 Å². The molecule has 1 saturated heterocycles. The monoisotopic (exact) mass is 459 g/mol. The summed E-state index contributed by atoms with van der Waals surface area (Å²) in [6.45, 7) is 5.18. The lowest BCUT2D eigenvalue weighted by Crippen LogP contribution is -2.34. The largest absolute Gasteiger partial charge is 0.496 e. The maximum Gasteiger partial charge on any atom is 0.253 e. The van der Waals surface area contributed by atoms with Gasteiger partial charge in [-0.2, -0.15) is 0 Å². The molecule has 0 spiro atoms. The third-order valence-corrected chi connectivity index (χ3v) is 6.50. The summed E-state index contributed by atoms with van der Waals surface area (Å²) in [4.78, 5) is 20.4. The van der Waals surface area contributed by atoms with E-state index < -0.39 is 0 Å². The first-order valence-electron chi connectivity index (χ1n) is 11.8. The fraction of sp³-hybridized carbons (Fsp3) is 0.357. The van der Waals surface area contributed by atoms with E-state index in [0.29, 0.717) is 12.1 Å². The molecule has 0 saturated carbocycles. The molecule has 0 aliphatic carbocycles. The lowest BCUT2D eigenvalue weighted by molar-refractivity contribution is 0.0947. The number of piperidine rings is 1. The zero-order valence-corrected chi connectivity index (χ0v) is 20.2. The van der Waals surface area contributed by atoms with Gasteiger partial charge in [-0.05, 0) is 57.1 Å². The van der Waals surface area contributed by atoms with Gasteiger partial charge in [-0.25, -0.2) is 0 Å². The summed E-state index contributed by atoms with van der Waals surface area (Å²) in [6, 6.07) is 19.7. The molecule has 1 aromatic heterocycles. The second kappa shape index (κ2) is 11.2. The quantitative estimate of drug-likeness (QED) is 0.528. The predicted molar refractivity (Wildman–Crippen MR) is 133 cm³/mol. The third kappa shape index (κ3) is 5.57. The molecule has 1 aliphatic rings. The van der Waals surface area contributed by atoms with Crippen LogP contribution >= 0.6 is 0 Å². The number of ether oxygens (including phenoxy) is 2. The van der Waals surface area contributed by atoms with E-state index in [9.17, 15) is 4.79 Å². The molecule has 1 fully saturated rings. The molecule has 2 aromatic carbocycles. The molecule has 6 heteroatoms. The minimum Gasteiger partial charge on any atom is -0.496 e. The van der Waals surface area contributed by atoms with Gasteiger partial charge in [-0.15, -0.1) is 0 Å². The van der Waals surface area contributed by atoms with E-state index in [4.69, 9.17) is 14.5 Å². The van der Waals surface area contributed by atoms with Crippen molar-refractivity contribution in [3.8, 4) is 11.5 Å². The number of para-hydroxylation sites is 2. The average Bonchev–Trinajstić information content (AvgIpc) is 2.88. The molecule has 0 atom stereocenters. The summed E-state index contributed by atoms with van der Waals surface area (Å²) < 4.78 is 10.9. The minimum absolute atomic E-state index is 0.0927. The van der Waals surface area contributed by atoms with Gasteiger partial charge in [-0.1, -0.05) is 36.4 Å². The predicted octanol–water partition coefficient (Wildman–Crippen LogP) is 4.72. The highest BCUT2D eigenvalue weighted by Gasteiger charge is 2.26. The zero-order valence-electron chi connectivity index (χ0n) is 20.2. The van der Waals surface area contributed by atoms with Crippen LogP contribution in [0.2, 0.25) is 0 Å². The van der Waals surface area contributed by atoms with Gasteiger partial charge in [0.2, 0.25) is 0 Å². The van der Waals surface area contributed by atoms with Crippen LogP contribution in [-0.4, -0.2) is 43.1 Å². The molecule has 6 nitrogen and oxygen atoms in total. The molecule has 3 aromatic rings. The molecule has 34 heavy (non-hydrogen) atoms. The van der Waals surface area contributed by atoms with Crippen LogP contribution < -0.4 is 14.8 Å². The van der Waals surface area contributed by atoms with E-state index in [1.54, 1.807) is 14.2 Å². The molecule has 178 valence electrons. The molecule has 2 heterocycles. The first kappa shape index (κ1) is 23.8. The number of hydrogen-bond donors (Lipinski definition) is 1. The number of pyridine rings is 1. The number of carbonyl (C=O) groups excluding carboxylic acids is 1. The Bertz CT molecular complexity index is 1120. The van der Waals surface area contributed by atoms with Gasteiger partial charge in [0.25, 0.3) is 5.91 Å². The molecule has 1 aliphatic heterocycles. The summed E-state index contributed by atoms with van der Waals surface area (Å²) in [6.07, 6.45) is 1.94. The number of likely N-dealkylation sites (tertiary alicyclic amines) is 1. The van der Waals surface area contributed by atoms with E-state index in [-0.39, 0.29) is 11.8 Å². The van der Waals surface area contributed by atoms with Crippen molar-refractivity contribution in [2.75, 3.05) is 27.3 Å². The number of benzene rings is 2. The maximum atomic E-state index is 13.2. The highest BCUT2D eigenvalue weighted by atomic mass is 16.5. The highest BCUT2D eigenvalue weighted by Crippen LogP contribution is 2.31. The normalized spacial score (nSPS) is 14.6. The Kier molecular flexibility index (Phi) is 7.80. The Hall–Kier alpha value is -3.38. The van der Waals surface area contributed by atoms with Crippen LogP contribution in [0, 0.1) is 6.92 Å². The number of aryl methyl sites for hydroxylation is 1. The van der Waals surface area contributed by atoms with Gasteiger partial charge in [0.05, 0.1) is 25.5 Å². The second-order valence-electron chi connectivity index (χ2n) is 8.74. The summed E-state index contributed by atoms with van der Waals surface area (Å²) in [5, 5.41) is 3.06. The van der Waals surface area contributed by atoms with Crippen LogP contribution in [0.5, 0.6) is 11.5 Å². The van der Waals surface area contributed by atoms with Crippen molar-refractivity contribution in [3.63, 3.8) is 0 Å². The fourth-order valence-corrected chi connectivity index (χ4v) is 4.64. The molecule has 0 unspecified atom stereocenters. The Morgan fingerprint density at radius 3 is 2.24 bits per heavy atom. The van der Waals surface area contributed by atoms with Crippen LogP contribution in [-0.2, 0) is 13.1 Å². The summed E-state index contributed by atoms with van der Waals surface area (Å²) in [7, 11) is 3.36. The number of amides is 1. The average molecular weight is 460 g/mol. The van der Waals surface area contributed by atoms with E-state index in [1.807, 2.05) is 55.5 Å². The Morgan fingerprint density at radius 2 is 1.56 bits per heavy atom. The van der Waals surface area contributed by atoms with Crippen LogP contribution in [0.3, 0.4) is 0 Å². The number of rotatable bonds is 8. The summed E-state index contributed by atoms with van der Waals surface area (Å²) in [5.74, 6) is 1.87. The van der Waals surface area contributed by atoms with Crippen LogP contribution in [0.4, 0.5) is 0 Å². The van der Waals surface area contributed by atoms with Crippen molar-refractivity contribution >= 4 is 5.91 Å². The van der Waals surface area contributed by atoms with E-state index in [2.05, 4.69) is 22.3 Å². The third-order valence-electron chi connectivity index (χ3n) is 6.50. The maximum absolute atomic E-state index is 13.2. The molecule has 1 N–H and O–H groups in total. The van der Waals surface area contributed by atoms with Crippen molar-refractivity contribution in [2.24, 2.45) is 0 Å². The molecule has 1 amide bonds.